The van der Waals surface area contributed by atoms with Gasteiger partial charge in [-0.15, -0.1) is 18.2 Å². The van der Waals surface area contributed by atoms with E-state index in [-0.39, 0.29) is 11.8 Å². The zero-order valence-electron chi connectivity index (χ0n) is 10.3. The number of carbonyl (C=O) groups excluding carboxylic acids is 2. The van der Waals surface area contributed by atoms with Gasteiger partial charge in [0, 0.05) is 25.3 Å². The molecule has 1 aliphatic heterocycles. The molecule has 0 atom stereocenters. The van der Waals surface area contributed by atoms with Gasteiger partial charge in [0.05, 0.1) is 5.75 Å². The SMILES string of the molecule is C#CCSCCN1CCC(=O)NC(C)(C)C1=O. The van der Waals surface area contributed by atoms with Gasteiger partial charge in [-0.1, -0.05) is 5.92 Å². The molecule has 0 bridgehead atoms. The normalized spacial score (nSPS) is 19.5. The average Bonchev–Trinajstić information content (AvgIpc) is 2.34. The molecule has 0 saturated carbocycles. The van der Waals surface area contributed by atoms with Crippen LogP contribution in [0.1, 0.15) is 20.3 Å². The van der Waals surface area contributed by atoms with Crippen LogP contribution in [0.4, 0.5) is 0 Å². The molecule has 0 aromatic heterocycles. The number of hydrogen-bond donors (Lipinski definition) is 1. The summed E-state index contributed by atoms with van der Waals surface area (Å²) >= 11 is 1.62. The maximum absolute atomic E-state index is 12.1. The van der Waals surface area contributed by atoms with Crippen LogP contribution in [0, 0.1) is 12.3 Å². The highest BCUT2D eigenvalue weighted by Gasteiger charge is 2.35. The van der Waals surface area contributed by atoms with Gasteiger partial charge in [-0.2, -0.15) is 0 Å². The van der Waals surface area contributed by atoms with Crippen molar-refractivity contribution in [1.82, 2.24) is 10.2 Å². The van der Waals surface area contributed by atoms with E-state index in [1.54, 1.807) is 30.5 Å². The Kier molecular flexibility index (Phi) is 4.88. The number of amides is 2. The molecule has 0 aromatic carbocycles. The van der Waals surface area contributed by atoms with Gasteiger partial charge >= 0.3 is 0 Å². The van der Waals surface area contributed by atoms with Crippen molar-refractivity contribution < 1.29 is 9.59 Å². The molecule has 0 aromatic rings. The molecule has 17 heavy (non-hydrogen) atoms. The number of hydrogen-bond acceptors (Lipinski definition) is 3. The van der Waals surface area contributed by atoms with E-state index in [0.29, 0.717) is 25.3 Å². The van der Waals surface area contributed by atoms with Crippen LogP contribution in [0.15, 0.2) is 0 Å². The molecule has 0 radical (unpaired) electrons. The summed E-state index contributed by atoms with van der Waals surface area (Å²) in [4.78, 5) is 25.3. The first-order chi connectivity index (χ1) is 7.97. The van der Waals surface area contributed by atoms with Crippen LogP contribution in [0.3, 0.4) is 0 Å². The van der Waals surface area contributed by atoms with Crippen LogP contribution in [0.25, 0.3) is 0 Å². The molecule has 1 fully saturated rings. The zero-order valence-corrected chi connectivity index (χ0v) is 11.1. The number of terminal acetylenes is 1. The minimum atomic E-state index is -0.801. The quantitative estimate of drug-likeness (QED) is 0.586. The second-order valence-electron chi connectivity index (χ2n) is 4.47. The number of nitrogens with one attached hydrogen (secondary N) is 1. The van der Waals surface area contributed by atoms with Gasteiger partial charge in [-0.3, -0.25) is 9.59 Å². The number of carbonyl (C=O) groups is 2. The number of thioether (sulfide) groups is 1. The second-order valence-corrected chi connectivity index (χ2v) is 5.58. The lowest BCUT2D eigenvalue weighted by Gasteiger charge is -2.28. The van der Waals surface area contributed by atoms with Gasteiger partial charge in [0.2, 0.25) is 11.8 Å². The predicted molar refractivity (Wildman–Crippen MR) is 69.6 cm³/mol. The fourth-order valence-electron chi connectivity index (χ4n) is 1.72. The molecule has 94 valence electrons. The predicted octanol–water partition coefficient (Wildman–Crippen LogP) is 0.480. The summed E-state index contributed by atoms with van der Waals surface area (Å²) in [6.45, 7) is 4.61. The van der Waals surface area contributed by atoms with Crippen molar-refractivity contribution in [2.45, 2.75) is 25.8 Å². The second kappa shape index (κ2) is 5.97. The van der Waals surface area contributed by atoms with E-state index in [1.165, 1.54) is 0 Å². The van der Waals surface area contributed by atoms with Crippen LogP contribution in [-0.4, -0.2) is 46.8 Å². The van der Waals surface area contributed by atoms with Gasteiger partial charge in [0.25, 0.3) is 0 Å². The molecule has 1 N–H and O–H groups in total. The van der Waals surface area contributed by atoms with Crippen LogP contribution in [-0.2, 0) is 9.59 Å². The minimum absolute atomic E-state index is 0.0235. The van der Waals surface area contributed by atoms with E-state index in [2.05, 4.69) is 11.2 Å². The Hall–Kier alpha value is -1.15. The van der Waals surface area contributed by atoms with E-state index in [1.807, 2.05) is 0 Å². The Morgan fingerprint density at radius 3 is 2.88 bits per heavy atom. The first-order valence-electron chi connectivity index (χ1n) is 5.59. The molecule has 5 heteroatoms. The fourth-order valence-corrected chi connectivity index (χ4v) is 2.33. The van der Waals surface area contributed by atoms with E-state index < -0.39 is 5.54 Å². The lowest BCUT2D eigenvalue weighted by atomic mass is 10.0. The first-order valence-corrected chi connectivity index (χ1v) is 6.74. The Balaban J connectivity index is 2.56. The molecule has 0 unspecified atom stereocenters. The maximum Gasteiger partial charge on any atom is 0.247 e. The van der Waals surface area contributed by atoms with Crippen LogP contribution in [0.5, 0.6) is 0 Å². The fraction of sp³-hybridized carbons (Fsp3) is 0.667. The summed E-state index contributed by atoms with van der Waals surface area (Å²) in [7, 11) is 0. The standard InChI is InChI=1S/C12H18N2O2S/c1-4-8-17-9-7-14-6-5-10(15)13-12(2,3)11(14)16/h1H,5-9H2,2-3H3,(H,13,15). The van der Waals surface area contributed by atoms with Crippen molar-refractivity contribution >= 4 is 23.6 Å². The smallest absolute Gasteiger partial charge is 0.247 e. The highest BCUT2D eigenvalue weighted by molar-refractivity contribution is 7.99. The molecule has 0 spiro atoms. The first kappa shape index (κ1) is 13.9. The average molecular weight is 254 g/mol. The van der Waals surface area contributed by atoms with Crippen LogP contribution >= 0.6 is 11.8 Å². The molecule has 1 heterocycles. The van der Waals surface area contributed by atoms with E-state index in [0.717, 1.165) is 5.75 Å². The zero-order chi connectivity index (χ0) is 12.9. The summed E-state index contributed by atoms with van der Waals surface area (Å²) in [5, 5.41) is 2.73. The summed E-state index contributed by atoms with van der Waals surface area (Å²) in [6, 6.07) is 0. The molecule has 1 rings (SSSR count). The van der Waals surface area contributed by atoms with E-state index >= 15 is 0 Å². The Morgan fingerprint density at radius 2 is 2.24 bits per heavy atom. The molecule has 0 aliphatic carbocycles. The van der Waals surface area contributed by atoms with E-state index in [4.69, 9.17) is 6.42 Å². The van der Waals surface area contributed by atoms with Crippen LogP contribution in [0.2, 0.25) is 0 Å². The minimum Gasteiger partial charge on any atom is -0.342 e. The highest BCUT2D eigenvalue weighted by Crippen LogP contribution is 2.14. The summed E-state index contributed by atoms with van der Waals surface area (Å²) < 4.78 is 0. The van der Waals surface area contributed by atoms with Crippen molar-refractivity contribution in [3.05, 3.63) is 0 Å². The Morgan fingerprint density at radius 1 is 1.53 bits per heavy atom. The van der Waals surface area contributed by atoms with Gasteiger partial charge in [0.1, 0.15) is 5.54 Å². The number of nitrogens with zero attached hydrogens (tertiary/aromatic N) is 1. The third-order valence-electron chi connectivity index (χ3n) is 2.57. The third-order valence-corrected chi connectivity index (χ3v) is 3.42. The molecule has 2 amide bonds. The van der Waals surface area contributed by atoms with Gasteiger partial charge in [-0.05, 0) is 13.8 Å². The van der Waals surface area contributed by atoms with Gasteiger partial charge < -0.3 is 10.2 Å². The van der Waals surface area contributed by atoms with E-state index in [9.17, 15) is 9.59 Å². The molecule has 1 saturated heterocycles. The maximum atomic E-state index is 12.1. The van der Waals surface area contributed by atoms with Crippen molar-refractivity contribution in [2.24, 2.45) is 0 Å². The topological polar surface area (TPSA) is 49.4 Å². The Bertz CT molecular complexity index is 347. The van der Waals surface area contributed by atoms with Crippen molar-refractivity contribution in [2.75, 3.05) is 24.6 Å². The monoisotopic (exact) mass is 254 g/mol. The number of rotatable bonds is 4. The molecule has 1 aliphatic rings. The molecular formula is C12H18N2O2S. The van der Waals surface area contributed by atoms with Crippen molar-refractivity contribution in [3.8, 4) is 12.3 Å². The molecule has 4 nitrogen and oxygen atoms in total. The lowest BCUT2D eigenvalue weighted by molar-refractivity contribution is -0.137. The van der Waals surface area contributed by atoms with Gasteiger partial charge in [-0.25, -0.2) is 0 Å². The van der Waals surface area contributed by atoms with Crippen molar-refractivity contribution in [1.29, 1.82) is 0 Å². The Labute approximate surface area is 107 Å². The molecular weight excluding hydrogens is 236 g/mol. The largest absolute Gasteiger partial charge is 0.342 e. The summed E-state index contributed by atoms with van der Waals surface area (Å²) in [5.41, 5.74) is -0.801. The lowest BCUT2D eigenvalue weighted by Crippen LogP contribution is -2.53. The van der Waals surface area contributed by atoms with Crippen LogP contribution < -0.4 is 5.32 Å². The summed E-state index contributed by atoms with van der Waals surface area (Å²) in [6.07, 6.45) is 5.53. The highest BCUT2D eigenvalue weighted by atomic mass is 32.2. The van der Waals surface area contributed by atoms with Gasteiger partial charge in [0.15, 0.2) is 0 Å². The van der Waals surface area contributed by atoms with Crippen molar-refractivity contribution in [3.63, 3.8) is 0 Å². The summed E-state index contributed by atoms with van der Waals surface area (Å²) in [5.74, 6) is 3.92. The third kappa shape index (κ3) is 3.97.